The number of carboxylic acid groups (broad SMARTS) is 1. The molecule has 1 heterocycles. The van der Waals surface area contributed by atoms with Crippen molar-refractivity contribution in [3.05, 3.63) is 40.0 Å². The Kier molecular flexibility index (Phi) is 6.55. The van der Waals surface area contributed by atoms with E-state index < -0.39 is 29.3 Å². The number of fused-ring (bicyclic) bond motifs is 1. The second-order valence-electron chi connectivity index (χ2n) is 5.61. The summed E-state index contributed by atoms with van der Waals surface area (Å²) in [5.41, 5.74) is 0.501. The monoisotopic (exact) mass is 363 g/mol. The number of phenolic OH excluding ortho intramolecular Hbond substituents is 1. The number of alkyl halides is 3. The molecule has 2 aromatic rings. The topological polar surface area (TPSA) is 90.6 Å². The number of halogens is 4. The molecule has 1 N–H and O–H groups in total. The molecule has 0 aliphatic carbocycles. The van der Waals surface area contributed by atoms with E-state index in [0.717, 1.165) is 18.1 Å². The van der Waals surface area contributed by atoms with Crippen molar-refractivity contribution in [1.29, 1.82) is 0 Å². The van der Waals surface area contributed by atoms with Gasteiger partial charge < -0.3 is 19.4 Å². The lowest BCUT2D eigenvalue weighted by atomic mass is 10.00. The summed E-state index contributed by atoms with van der Waals surface area (Å²) in [6, 6.07) is 3.75. The van der Waals surface area contributed by atoms with E-state index in [2.05, 4.69) is 13.8 Å². The highest BCUT2D eigenvalue weighted by Gasteiger charge is 2.28. The molecule has 25 heavy (non-hydrogen) atoms. The smallest absolute Gasteiger partial charge is 0.430 e. The third-order valence-electron chi connectivity index (χ3n) is 3.12. The fourth-order valence-corrected chi connectivity index (χ4v) is 1.89. The Morgan fingerprint density at radius 2 is 1.84 bits per heavy atom. The van der Waals surface area contributed by atoms with Gasteiger partial charge in [0.1, 0.15) is 11.6 Å². The van der Waals surface area contributed by atoms with Crippen molar-refractivity contribution in [2.45, 2.75) is 32.9 Å². The van der Waals surface area contributed by atoms with Crippen molar-refractivity contribution in [2.24, 2.45) is 5.92 Å². The van der Waals surface area contributed by atoms with Crippen LogP contribution in [0.15, 0.2) is 27.4 Å². The molecular weight excluding hydrogens is 348 g/mol. The van der Waals surface area contributed by atoms with Crippen LogP contribution in [0.2, 0.25) is 0 Å². The largest absolute Gasteiger partial charge is 0.542 e. The summed E-state index contributed by atoms with van der Waals surface area (Å²) in [6.07, 6.45) is -3.61. The Balaban J connectivity index is 0.000000381. The minimum absolute atomic E-state index is 0.222. The molecule has 0 unspecified atom stereocenters. The first kappa shape index (κ1) is 20.5. The molecule has 0 aliphatic rings. The van der Waals surface area contributed by atoms with Crippen LogP contribution in [0.4, 0.5) is 17.6 Å². The summed E-state index contributed by atoms with van der Waals surface area (Å²) in [6.45, 7) is 4.17. The summed E-state index contributed by atoms with van der Waals surface area (Å²) < 4.78 is 49.9. The standard InChI is InChI=1S/C14H15FO3.C2HF3O2/c1-8(2)3-4-9-5-14(17)18-13-7-12(16)11(15)6-10(9)13;3-2(4,5)1(6)7/h5-8,16H,3-4H2,1-2H3;(H,6,7)/p-1. The fraction of sp³-hybridized carbons (Fsp3) is 0.375. The van der Waals surface area contributed by atoms with Gasteiger partial charge in [-0.05, 0) is 30.4 Å². The number of aliphatic carboxylic acids is 1. The van der Waals surface area contributed by atoms with Gasteiger partial charge in [-0.1, -0.05) is 13.8 Å². The van der Waals surface area contributed by atoms with Crippen LogP contribution in [-0.4, -0.2) is 17.3 Å². The molecule has 0 saturated heterocycles. The molecule has 0 amide bonds. The predicted octanol–water partition coefficient (Wildman–Crippen LogP) is 2.52. The van der Waals surface area contributed by atoms with E-state index in [1.54, 1.807) is 0 Å². The third kappa shape index (κ3) is 6.09. The lowest BCUT2D eigenvalue weighted by Crippen LogP contribution is -2.37. The molecule has 0 aliphatic heterocycles. The van der Waals surface area contributed by atoms with Crippen molar-refractivity contribution in [1.82, 2.24) is 0 Å². The number of benzene rings is 1. The maximum Gasteiger partial charge on any atom is 0.430 e. The van der Waals surface area contributed by atoms with Crippen molar-refractivity contribution in [3.8, 4) is 5.75 Å². The Morgan fingerprint density at radius 1 is 1.28 bits per heavy atom. The first-order valence-corrected chi connectivity index (χ1v) is 7.15. The van der Waals surface area contributed by atoms with Gasteiger partial charge in [0.2, 0.25) is 0 Å². The molecule has 2 rings (SSSR count). The molecule has 5 nitrogen and oxygen atoms in total. The predicted molar refractivity (Wildman–Crippen MR) is 78.3 cm³/mol. The lowest BCUT2D eigenvalue weighted by Gasteiger charge is -2.08. The summed E-state index contributed by atoms with van der Waals surface area (Å²) in [5.74, 6) is -3.73. The van der Waals surface area contributed by atoms with Crippen LogP contribution in [-0.2, 0) is 11.2 Å². The van der Waals surface area contributed by atoms with Gasteiger partial charge in [0.05, 0.1) is 0 Å². The highest BCUT2D eigenvalue weighted by atomic mass is 19.4. The van der Waals surface area contributed by atoms with Gasteiger partial charge in [-0.15, -0.1) is 0 Å². The SMILES string of the molecule is CC(C)CCc1cc(=O)oc2cc(O)c(F)cc12.O=C([O-])C(F)(F)F. The molecule has 9 heteroatoms. The number of phenols is 1. The Bertz CT molecular complexity index is 809. The number of carboxylic acids is 1. The van der Waals surface area contributed by atoms with Gasteiger partial charge >= 0.3 is 11.8 Å². The van der Waals surface area contributed by atoms with Crippen LogP contribution in [0.3, 0.4) is 0 Å². The maximum atomic E-state index is 13.4. The van der Waals surface area contributed by atoms with Gasteiger partial charge in [0, 0.05) is 17.5 Å². The molecule has 0 bridgehead atoms. The van der Waals surface area contributed by atoms with Crippen molar-refractivity contribution in [3.63, 3.8) is 0 Å². The molecular formula is C16H15F4O5-. The van der Waals surface area contributed by atoms with Gasteiger partial charge in [-0.2, -0.15) is 13.2 Å². The van der Waals surface area contributed by atoms with Crippen LogP contribution in [0.1, 0.15) is 25.8 Å². The first-order chi connectivity index (χ1) is 11.4. The maximum absolute atomic E-state index is 13.4. The van der Waals surface area contributed by atoms with Crippen LogP contribution >= 0.6 is 0 Å². The molecule has 0 spiro atoms. The highest BCUT2D eigenvalue weighted by Crippen LogP contribution is 2.26. The van der Waals surface area contributed by atoms with Gasteiger partial charge in [0.25, 0.3) is 0 Å². The summed E-state index contributed by atoms with van der Waals surface area (Å²) in [5, 5.41) is 18.6. The zero-order valence-corrected chi connectivity index (χ0v) is 13.3. The Labute approximate surface area is 139 Å². The second-order valence-corrected chi connectivity index (χ2v) is 5.61. The summed E-state index contributed by atoms with van der Waals surface area (Å²) >= 11 is 0. The van der Waals surface area contributed by atoms with Crippen LogP contribution < -0.4 is 10.7 Å². The number of rotatable bonds is 3. The van der Waals surface area contributed by atoms with E-state index in [1.807, 2.05) is 0 Å². The zero-order valence-electron chi connectivity index (χ0n) is 13.3. The van der Waals surface area contributed by atoms with Crippen LogP contribution in [0, 0.1) is 11.7 Å². The molecule has 0 atom stereocenters. The number of hydrogen-bond acceptors (Lipinski definition) is 5. The second kappa shape index (κ2) is 8.00. The average Bonchev–Trinajstić information content (AvgIpc) is 2.46. The summed E-state index contributed by atoms with van der Waals surface area (Å²) in [4.78, 5) is 20.2. The number of hydrogen-bond donors (Lipinski definition) is 1. The molecule has 138 valence electrons. The fourth-order valence-electron chi connectivity index (χ4n) is 1.89. The number of aryl methyl sites for hydroxylation is 1. The van der Waals surface area contributed by atoms with E-state index in [-0.39, 0.29) is 5.58 Å². The van der Waals surface area contributed by atoms with E-state index in [4.69, 9.17) is 14.3 Å². The minimum atomic E-state index is -5.19. The molecule has 0 saturated carbocycles. The number of aromatic hydroxyl groups is 1. The van der Waals surface area contributed by atoms with E-state index in [0.29, 0.717) is 17.7 Å². The molecule has 1 aromatic heterocycles. The average molecular weight is 363 g/mol. The highest BCUT2D eigenvalue weighted by molar-refractivity contribution is 5.81. The van der Waals surface area contributed by atoms with Gasteiger partial charge in [0.15, 0.2) is 11.6 Å². The van der Waals surface area contributed by atoms with Crippen LogP contribution in [0.25, 0.3) is 11.0 Å². The molecule has 1 aromatic carbocycles. The van der Waals surface area contributed by atoms with Crippen molar-refractivity contribution < 1.29 is 37.0 Å². The van der Waals surface area contributed by atoms with Gasteiger partial charge in [-0.3, -0.25) is 0 Å². The van der Waals surface area contributed by atoms with E-state index in [9.17, 15) is 27.5 Å². The number of carbonyl (C=O) groups excluding carboxylic acids is 1. The van der Waals surface area contributed by atoms with Crippen LogP contribution in [0.5, 0.6) is 5.75 Å². The van der Waals surface area contributed by atoms with Crippen molar-refractivity contribution >= 4 is 16.9 Å². The summed E-state index contributed by atoms with van der Waals surface area (Å²) in [7, 11) is 0. The minimum Gasteiger partial charge on any atom is -0.542 e. The van der Waals surface area contributed by atoms with Gasteiger partial charge in [-0.25, -0.2) is 9.18 Å². The number of carbonyl (C=O) groups is 1. The zero-order chi connectivity index (χ0) is 19.4. The van der Waals surface area contributed by atoms with E-state index >= 15 is 0 Å². The van der Waals surface area contributed by atoms with Crippen molar-refractivity contribution in [2.75, 3.05) is 0 Å². The third-order valence-corrected chi connectivity index (χ3v) is 3.12. The molecule has 0 fully saturated rings. The first-order valence-electron chi connectivity index (χ1n) is 7.15. The quantitative estimate of drug-likeness (QED) is 0.668. The Morgan fingerprint density at radius 3 is 2.32 bits per heavy atom. The Hall–Kier alpha value is -2.58. The lowest BCUT2D eigenvalue weighted by molar-refractivity contribution is -0.344. The molecule has 0 radical (unpaired) electrons. The normalized spacial score (nSPS) is 11.3. The van der Waals surface area contributed by atoms with E-state index in [1.165, 1.54) is 12.1 Å².